The van der Waals surface area contributed by atoms with Gasteiger partial charge in [0.25, 0.3) is 0 Å². The summed E-state index contributed by atoms with van der Waals surface area (Å²) in [6.45, 7) is 0.699. The molecule has 1 aliphatic heterocycles. The molecule has 1 aromatic heterocycles. The zero-order valence-electron chi connectivity index (χ0n) is 10.2. The van der Waals surface area contributed by atoms with Gasteiger partial charge in [-0.05, 0) is 35.9 Å². The molecule has 0 N–H and O–H groups in total. The molecule has 0 saturated carbocycles. The molecule has 5 heteroatoms. The van der Waals surface area contributed by atoms with E-state index in [-0.39, 0.29) is 11.5 Å². The van der Waals surface area contributed by atoms with Crippen molar-refractivity contribution in [3.63, 3.8) is 0 Å². The lowest BCUT2D eigenvalue weighted by Gasteiger charge is -2.16. The highest BCUT2D eigenvalue weighted by atomic mass is 32.1. The molecule has 0 bridgehead atoms. The molecule has 1 aliphatic rings. The van der Waals surface area contributed by atoms with E-state index in [2.05, 4.69) is 12.6 Å². The number of benzene rings is 1. The maximum atomic E-state index is 12.0. The first-order valence-corrected chi connectivity index (χ1v) is 6.76. The molecular weight excluding hydrogens is 262 g/mol. The van der Waals surface area contributed by atoms with E-state index in [1.165, 1.54) is 6.07 Å². The lowest BCUT2D eigenvalue weighted by Crippen LogP contribution is -2.24. The third-order valence-electron chi connectivity index (χ3n) is 3.38. The van der Waals surface area contributed by atoms with Crippen molar-refractivity contribution in [2.45, 2.75) is 6.42 Å². The van der Waals surface area contributed by atoms with Crippen LogP contribution in [-0.2, 0) is 4.79 Å². The van der Waals surface area contributed by atoms with Crippen LogP contribution in [0.2, 0.25) is 0 Å². The molecule has 2 heterocycles. The third kappa shape index (κ3) is 2.26. The number of carbonyl (C=O) groups is 1. The largest absolute Gasteiger partial charge is 0.423 e. The normalized spacial score (nSPS) is 19.3. The van der Waals surface area contributed by atoms with Crippen molar-refractivity contribution in [1.82, 2.24) is 0 Å². The van der Waals surface area contributed by atoms with Crippen LogP contribution in [0.1, 0.15) is 6.42 Å². The van der Waals surface area contributed by atoms with Crippen LogP contribution in [-0.4, -0.2) is 18.2 Å². The van der Waals surface area contributed by atoms with Crippen LogP contribution in [0.5, 0.6) is 0 Å². The average molecular weight is 275 g/mol. The second kappa shape index (κ2) is 4.74. The van der Waals surface area contributed by atoms with Gasteiger partial charge in [0.2, 0.25) is 5.91 Å². The number of amides is 1. The van der Waals surface area contributed by atoms with Crippen molar-refractivity contribution in [2.75, 3.05) is 17.2 Å². The van der Waals surface area contributed by atoms with Crippen molar-refractivity contribution < 1.29 is 9.21 Å². The number of hydrogen-bond acceptors (Lipinski definition) is 4. The molecule has 98 valence electrons. The highest BCUT2D eigenvalue weighted by Crippen LogP contribution is 2.28. The van der Waals surface area contributed by atoms with Crippen LogP contribution < -0.4 is 10.5 Å². The van der Waals surface area contributed by atoms with Crippen molar-refractivity contribution in [1.29, 1.82) is 0 Å². The summed E-state index contributed by atoms with van der Waals surface area (Å²) in [6, 6.07) is 8.50. The quantitative estimate of drug-likeness (QED) is 0.674. The highest BCUT2D eigenvalue weighted by molar-refractivity contribution is 7.80. The second-order valence-electron chi connectivity index (χ2n) is 4.73. The van der Waals surface area contributed by atoms with Gasteiger partial charge in [0.15, 0.2) is 0 Å². The number of rotatable bonds is 2. The Labute approximate surface area is 115 Å². The summed E-state index contributed by atoms with van der Waals surface area (Å²) >= 11 is 4.25. The predicted octanol–water partition coefficient (Wildman–Crippen LogP) is 2.08. The van der Waals surface area contributed by atoms with Gasteiger partial charge >= 0.3 is 5.63 Å². The Morgan fingerprint density at radius 1 is 1.26 bits per heavy atom. The van der Waals surface area contributed by atoms with E-state index >= 15 is 0 Å². The van der Waals surface area contributed by atoms with E-state index < -0.39 is 0 Å². The maximum absolute atomic E-state index is 12.0. The Morgan fingerprint density at radius 3 is 2.84 bits per heavy atom. The first-order chi connectivity index (χ1) is 9.17. The van der Waals surface area contributed by atoms with Crippen molar-refractivity contribution in [3.8, 4) is 0 Å². The summed E-state index contributed by atoms with van der Waals surface area (Å²) in [5, 5.41) is 0.819. The highest BCUT2D eigenvalue weighted by Gasteiger charge is 2.29. The van der Waals surface area contributed by atoms with Crippen molar-refractivity contribution in [2.24, 2.45) is 5.92 Å². The molecule has 1 saturated heterocycles. The second-order valence-corrected chi connectivity index (χ2v) is 5.10. The molecular formula is C14H13NO3S. The van der Waals surface area contributed by atoms with E-state index in [4.69, 9.17) is 4.42 Å². The van der Waals surface area contributed by atoms with E-state index in [9.17, 15) is 9.59 Å². The standard InChI is InChI=1S/C14H13NO3S/c16-13-5-9(8-19)7-15(13)11-2-3-12-10(6-11)1-4-14(17)18-12/h1-4,6,9,19H,5,7-8H2. The zero-order chi connectivity index (χ0) is 13.4. The van der Waals surface area contributed by atoms with Gasteiger partial charge in [-0.3, -0.25) is 4.79 Å². The Balaban J connectivity index is 2.00. The fourth-order valence-corrected chi connectivity index (χ4v) is 2.63. The Kier molecular flexibility index (Phi) is 3.06. The Morgan fingerprint density at radius 2 is 2.11 bits per heavy atom. The van der Waals surface area contributed by atoms with Gasteiger partial charge in [-0.2, -0.15) is 12.6 Å². The number of thiol groups is 1. The number of fused-ring (bicyclic) bond motifs is 1. The van der Waals surface area contributed by atoms with E-state index in [1.807, 2.05) is 12.1 Å². The van der Waals surface area contributed by atoms with E-state index in [0.29, 0.717) is 30.2 Å². The molecule has 0 spiro atoms. The molecule has 1 unspecified atom stereocenters. The summed E-state index contributed by atoms with van der Waals surface area (Å²) in [6.07, 6.45) is 0.547. The molecule has 1 amide bonds. The van der Waals surface area contributed by atoms with Crippen LogP contribution in [0.15, 0.2) is 39.5 Å². The topological polar surface area (TPSA) is 50.5 Å². The van der Waals surface area contributed by atoms with Crippen LogP contribution in [0, 0.1) is 5.92 Å². The summed E-state index contributed by atoms with van der Waals surface area (Å²) in [5.74, 6) is 1.14. The van der Waals surface area contributed by atoms with Gasteiger partial charge in [-0.25, -0.2) is 4.79 Å². The molecule has 1 atom stereocenters. The lowest BCUT2D eigenvalue weighted by molar-refractivity contribution is -0.117. The monoisotopic (exact) mass is 275 g/mol. The molecule has 19 heavy (non-hydrogen) atoms. The number of anilines is 1. The number of carbonyl (C=O) groups excluding carboxylic acids is 1. The van der Waals surface area contributed by atoms with Gasteiger partial charge in [-0.1, -0.05) is 0 Å². The summed E-state index contributed by atoms with van der Waals surface area (Å²) < 4.78 is 5.08. The smallest absolute Gasteiger partial charge is 0.336 e. The fourth-order valence-electron chi connectivity index (χ4n) is 2.38. The van der Waals surface area contributed by atoms with Crippen LogP contribution in [0.4, 0.5) is 5.69 Å². The minimum absolute atomic E-state index is 0.121. The Hall–Kier alpha value is -1.75. The van der Waals surface area contributed by atoms with Crippen LogP contribution in [0.3, 0.4) is 0 Å². The third-order valence-corrected chi connectivity index (χ3v) is 3.89. The van der Waals surface area contributed by atoms with Gasteiger partial charge in [-0.15, -0.1) is 0 Å². The zero-order valence-corrected chi connectivity index (χ0v) is 11.1. The first kappa shape index (κ1) is 12.3. The van der Waals surface area contributed by atoms with Crippen molar-refractivity contribution in [3.05, 3.63) is 40.8 Å². The van der Waals surface area contributed by atoms with E-state index in [0.717, 1.165) is 11.1 Å². The van der Waals surface area contributed by atoms with Gasteiger partial charge in [0.05, 0.1) is 0 Å². The average Bonchev–Trinajstić information content (AvgIpc) is 2.79. The van der Waals surface area contributed by atoms with Crippen molar-refractivity contribution >= 4 is 35.2 Å². The summed E-state index contributed by atoms with van der Waals surface area (Å²) in [7, 11) is 0. The Bertz CT molecular complexity index is 694. The van der Waals surface area contributed by atoms with Gasteiger partial charge in [0.1, 0.15) is 5.58 Å². The summed E-state index contributed by atoms with van der Waals surface area (Å²) in [4.78, 5) is 24.8. The molecule has 0 radical (unpaired) electrons. The van der Waals surface area contributed by atoms with E-state index in [1.54, 1.807) is 17.0 Å². The van der Waals surface area contributed by atoms with Crippen LogP contribution in [0.25, 0.3) is 11.0 Å². The first-order valence-electron chi connectivity index (χ1n) is 6.12. The number of hydrogen-bond donors (Lipinski definition) is 1. The molecule has 0 aliphatic carbocycles. The van der Waals surface area contributed by atoms with Gasteiger partial charge < -0.3 is 9.32 Å². The van der Waals surface area contributed by atoms with Crippen LogP contribution >= 0.6 is 12.6 Å². The SMILES string of the molecule is O=C1CC(CS)CN1c1ccc2oc(=O)ccc2c1. The summed E-state index contributed by atoms with van der Waals surface area (Å²) in [5.41, 5.74) is 1.01. The molecule has 2 aromatic rings. The lowest BCUT2D eigenvalue weighted by atomic mass is 10.1. The molecule has 1 fully saturated rings. The molecule has 1 aromatic carbocycles. The number of nitrogens with zero attached hydrogens (tertiary/aromatic N) is 1. The maximum Gasteiger partial charge on any atom is 0.336 e. The molecule has 4 nitrogen and oxygen atoms in total. The van der Waals surface area contributed by atoms with Gasteiger partial charge in [0, 0.05) is 30.1 Å². The fraction of sp³-hybridized carbons (Fsp3) is 0.286. The molecule has 3 rings (SSSR count). The minimum Gasteiger partial charge on any atom is -0.423 e. The minimum atomic E-state index is -0.368. The predicted molar refractivity (Wildman–Crippen MR) is 76.8 cm³/mol.